The number of halogens is 2. The number of hydrogen-bond acceptors (Lipinski definition) is 3. The Kier molecular flexibility index (Phi) is 5.78. The number of benzene rings is 2. The van der Waals surface area contributed by atoms with Crippen molar-refractivity contribution >= 4 is 29.1 Å². The van der Waals surface area contributed by atoms with Crippen molar-refractivity contribution < 1.29 is 14.0 Å². The normalized spacial score (nSPS) is 10.3. The van der Waals surface area contributed by atoms with Crippen LogP contribution in [0.1, 0.15) is 26.4 Å². The van der Waals surface area contributed by atoms with E-state index in [2.05, 4.69) is 15.6 Å². The van der Waals surface area contributed by atoms with Gasteiger partial charge in [0.15, 0.2) is 0 Å². The van der Waals surface area contributed by atoms with E-state index >= 15 is 0 Å². The van der Waals surface area contributed by atoms with E-state index in [1.165, 1.54) is 30.5 Å². The van der Waals surface area contributed by atoms with Crippen molar-refractivity contribution in [3.05, 3.63) is 94.5 Å². The Bertz CT molecular complexity index is 977. The highest BCUT2D eigenvalue weighted by atomic mass is 35.5. The molecule has 0 saturated heterocycles. The minimum Gasteiger partial charge on any atom is -0.348 e. The fourth-order valence-corrected chi connectivity index (χ4v) is 2.51. The first-order valence-electron chi connectivity index (χ1n) is 8.07. The van der Waals surface area contributed by atoms with Crippen molar-refractivity contribution in [2.24, 2.45) is 0 Å². The van der Waals surface area contributed by atoms with E-state index in [1.807, 2.05) is 0 Å². The highest BCUT2D eigenvalue weighted by Crippen LogP contribution is 2.21. The summed E-state index contributed by atoms with van der Waals surface area (Å²) in [6, 6.07) is 15.5. The molecule has 5 nitrogen and oxygen atoms in total. The van der Waals surface area contributed by atoms with Gasteiger partial charge in [0.25, 0.3) is 11.8 Å². The van der Waals surface area contributed by atoms with Gasteiger partial charge >= 0.3 is 0 Å². The highest BCUT2D eigenvalue weighted by Gasteiger charge is 2.13. The van der Waals surface area contributed by atoms with E-state index in [0.717, 1.165) is 5.56 Å². The number of carbonyl (C=O) groups is 2. The summed E-state index contributed by atoms with van der Waals surface area (Å²) in [5.41, 5.74) is 1.59. The maximum Gasteiger partial charge on any atom is 0.274 e. The van der Waals surface area contributed by atoms with Gasteiger partial charge in [0.2, 0.25) is 0 Å². The van der Waals surface area contributed by atoms with Crippen LogP contribution >= 0.6 is 11.6 Å². The molecule has 0 aliphatic carbocycles. The number of rotatable bonds is 5. The second-order valence-electron chi connectivity index (χ2n) is 5.67. The number of aromatic nitrogens is 1. The summed E-state index contributed by atoms with van der Waals surface area (Å²) >= 11 is 6.02. The standard InChI is InChI=1S/C20H15ClFN3O2/c21-16-3-1-2-4-17(16)25-20(27)18-11-14(9-10-23-18)19(26)24-12-13-5-7-15(22)8-6-13/h1-11H,12H2,(H,24,26)(H,25,27). The van der Waals surface area contributed by atoms with Gasteiger partial charge in [-0.15, -0.1) is 0 Å². The third-order valence-electron chi connectivity index (χ3n) is 3.74. The van der Waals surface area contributed by atoms with E-state index in [4.69, 9.17) is 11.6 Å². The minimum absolute atomic E-state index is 0.0874. The lowest BCUT2D eigenvalue weighted by Gasteiger charge is -2.08. The van der Waals surface area contributed by atoms with Crippen LogP contribution in [0, 0.1) is 5.82 Å². The molecule has 3 rings (SSSR count). The van der Waals surface area contributed by atoms with Crippen molar-refractivity contribution in [3.63, 3.8) is 0 Å². The Morgan fingerprint density at radius 1 is 1.00 bits per heavy atom. The quantitative estimate of drug-likeness (QED) is 0.698. The lowest BCUT2D eigenvalue weighted by Crippen LogP contribution is -2.23. The maximum atomic E-state index is 12.9. The van der Waals surface area contributed by atoms with Crippen LogP contribution in [0.25, 0.3) is 0 Å². The lowest BCUT2D eigenvalue weighted by atomic mass is 10.2. The Hall–Kier alpha value is -3.25. The lowest BCUT2D eigenvalue weighted by molar-refractivity contribution is 0.0951. The molecule has 7 heteroatoms. The minimum atomic E-state index is -0.476. The van der Waals surface area contributed by atoms with Crippen LogP contribution in [0.5, 0.6) is 0 Å². The smallest absolute Gasteiger partial charge is 0.274 e. The van der Waals surface area contributed by atoms with Gasteiger partial charge in [0.05, 0.1) is 10.7 Å². The summed E-state index contributed by atoms with van der Waals surface area (Å²) in [5.74, 6) is -1.18. The summed E-state index contributed by atoms with van der Waals surface area (Å²) in [4.78, 5) is 28.7. The van der Waals surface area contributed by atoms with Gasteiger partial charge in [-0.1, -0.05) is 35.9 Å². The van der Waals surface area contributed by atoms with Gasteiger partial charge in [-0.05, 0) is 42.0 Å². The predicted octanol–water partition coefficient (Wildman–Crippen LogP) is 4.06. The van der Waals surface area contributed by atoms with Gasteiger partial charge in [-0.3, -0.25) is 14.6 Å². The number of hydrogen-bond donors (Lipinski definition) is 2. The zero-order valence-electron chi connectivity index (χ0n) is 14.1. The molecular weight excluding hydrogens is 369 g/mol. The molecule has 3 aromatic rings. The van der Waals surface area contributed by atoms with E-state index in [9.17, 15) is 14.0 Å². The first-order valence-corrected chi connectivity index (χ1v) is 8.45. The second kappa shape index (κ2) is 8.42. The monoisotopic (exact) mass is 383 g/mol. The van der Waals surface area contributed by atoms with Crippen LogP contribution < -0.4 is 10.6 Å². The Morgan fingerprint density at radius 3 is 2.48 bits per heavy atom. The summed E-state index contributed by atoms with van der Waals surface area (Å²) in [7, 11) is 0. The Morgan fingerprint density at radius 2 is 1.74 bits per heavy atom. The van der Waals surface area contributed by atoms with Crippen molar-refractivity contribution in [1.29, 1.82) is 0 Å². The molecule has 0 fully saturated rings. The van der Waals surface area contributed by atoms with Crippen LogP contribution in [0.4, 0.5) is 10.1 Å². The van der Waals surface area contributed by atoms with Crippen LogP contribution in [0.15, 0.2) is 66.9 Å². The van der Waals surface area contributed by atoms with Crippen molar-refractivity contribution in [3.8, 4) is 0 Å². The maximum absolute atomic E-state index is 12.9. The zero-order chi connectivity index (χ0) is 19.2. The molecule has 0 bridgehead atoms. The molecule has 136 valence electrons. The van der Waals surface area contributed by atoms with E-state index in [1.54, 1.807) is 36.4 Å². The van der Waals surface area contributed by atoms with Gasteiger partial charge < -0.3 is 10.6 Å². The fraction of sp³-hybridized carbons (Fsp3) is 0.0500. The first kappa shape index (κ1) is 18.5. The number of nitrogens with one attached hydrogen (secondary N) is 2. The molecule has 0 atom stereocenters. The predicted molar refractivity (Wildman–Crippen MR) is 101 cm³/mol. The Balaban J connectivity index is 1.67. The van der Waals surface area contributed by atoms with Crippen molar-refractivity contribution in [2.75, 3.05) is 5.32 Å². The molecule has 1 aromatic heterocycles. The number of carbonyl (C=O) groups excluding carboxylic acids is 2. The summed E-state index contributed by atoms with van der Waals surface area (Å²) in [6.45, 7) is 0.239. The van der Waals surface area contributed by atoms with Crippen molar-refractivity contribution in [2.45, 2.75) is 6.54 Å². The molecule has 0 radical (unpaired) electrons. The van der Waals surface area contributed by atoms with Crippen molar-refractivity contribution in [1.82, 2.24) is 10.3 Å². The SMILES string of the molecule is O=C(NCc1ccc(F)cc1)c1ccnc(C(=O)Nc2ccccc2Cl)c1. The molecule has 0 saturated carbocycles. The van der Waals surface area contributed by atoms with E-state index < -0.39 is 5.91 Å². The molecule has 0 unspecified atom stereocenters. The van der Waals surface area contributed by atoms with E-state index in [0.29, 0.717) is 10.7 Å². The number of anilines is 1. The molecule has 2 N–H and O–H groups in total. The first-order chi connectivity index (χ1) is 13.0. The summed E-state index contributed by atoms with van der Waals surface area (Å²) in [6.07, 6.45) is 1.38. The molecule has 0 spiro atoms. The molecule has 2 aromatic carbocycles. The summed E-state index contributed by atoms with van der Waals surface area (Å²) in [5, 5.41) is 5.77. The average molecular weight is 384 g/mol. The molecular formula is C20H15ClFN3O2. The number of pyridine rings is 1. The summed E-state index contributed by atoms with van der Waals surface area (Å²) < 4.78 is 12.9. The third kappa shape index (κ3) is 4.89. The molecule has 1 heterocycles. The van der Waals surface area contributed by atoms with Gasteiger partial charge in [-0.25, -0.2) is 4.39 Å². The van der Waals surface area contributed by atoms with Gasteiger partial charge in [0, 0.05) is 18.3 Å². The van der Waals surface area contributed by atoms with Gasteiger partial charge in [0.1, 0.15) is 11.5 Å². The third-order valence-corrected chi connectivity index (χ3v) is 4.07. The van der Waals surface area contributed by atoms with Crippen LogP contribution in [0.2, 0.25) is 5.02 Å². The van der Waals surface area contributed by atoms with E-state index in [-0.39, 0.29) is 29.5 Å². The fourth-order valence-electron chi connectivity index (χ4n) is 2.33. The largest absolute Gasteiger partial charge is 0.348 e. The molecule has 2 amide bonds. The number of amides is 2. The van der Waals surface area contributed by atoms with Gasteiger partial charge in [-0.2, -0.15) is 0 Å². The van der Waals surface area contributed by atoms with Crippen LogP contribution in [-0.2, 0) is 6.54 Å². The second-order valence-corrected chi connectivity index (χ2v) is 6.08. The Labute approximate surface area is 160 Å². The highest BCUT2D eigenvalue weighted by molar-refractivity contribution is 6.33. The number of para-hydroxylation sites is 1. The number of nitrogens with zero attached hydrogens (tertiary/aromatic N) is 1. The molecule has 0 aliphatic heterocycles. The topological polar surface area (TPSA) is 71.1 Å². The molecule has 27 heavy (non-hydrogen) atoms. The average Bonchev–Trinajstić information content (AvgIpc) is 2.69. The zero-order valence-corrected chi connectivity index (χ0v) is 14.8. The van der Waals surface area contributed by atoms with Crippen LogP contribution in [0.3, 0.4) is 0 Å². The molecule has 0 aliphatic rings. The van der Waals surface area contributed by atoms with Crippen LogP contribution in [-0.4, -0.2) is 16.8 Å².